The number of nitrogens with zero attached hydrogens (tertiary/aromatic N) is 1. The van der Waals surface area contributed by atoms with E-state index in [-0.39, 0.29) is 18.4 Å². The maximum atomic E-state index is 12.4. The number of halogens is 1. The lowest BCUT2D eigenvalue weighted by Crippen LogP contribution is -2.44. The van der Waals surface area contributed by atoms with Crippen molar-refractivity contribution in [3.63, 3.8) is 0 Å². The smallest absolute Gasteiger partial charge is 0.242 e. The summed E-state index contributed by atoms with van der Waals surface area (Å²) in [5.41, 5.74) is 0.617. The fourth-order valence-corrected chi connectivity index (χ4v) is 2.61. The zero-order chi connectivity index (χ0) is 16.3. The van der Waals surface area contributed by atoms with Gasteiger partial charge >= 0.3 is 0 Å². The molecule has 1 saturated carbocycles. The van der Waals surface area contributed by atoms with Crippen molar-refractivity contribution in [2.24, 2.45) is 5.41 Å². The van der Waals surface area contributed by atoms with Crippen LogP contribution in [-0.4, -0.2) is 29.3 Å². The van der Waals surface area contributed by atoms with Gasteiger partial charge in [0.05, 0.1) is 6.54 Å². The van der Waals surface area contributed by atoms with Gasteiger partial charge in [-0.15, -0.1) is 0 Å². The molecular weight excluding hydrogens is 344 g/mol. The Morgan fingerprint density at radius 2 is 2.00 bits per heavy atom. The summed E-state index contributed by atoms with van der Waals surface area (Å²) < 4.78 is 1.01. The molecule has 0 saturated heterocycles. The van der Waals surface area contributed by atoms with E-state index < -0.39 is 5.41 Å². The molecule has 1 aromatic carbocycles. The van der Waals surface area contributed by atoms with Gasteiger partial charge in [0, 0.05) is 22.5 Å². The van der Waals surface area contributed by atoms with Crippen molar-refractivity contribution in [3.05, 3.63) is 34.3 Å². The molecule has 2 rings (SSSR count). The van der Waals surface area contributed by atoms with Crippen LogP contribution in [0.1, 0.15) is 39.2 Å². The lowest BCUT2D eigenvalue weighted by molar-refractivity contribution is -0.136. The molecule has 0 spiro atoms. The van der Waals surface area contributed by atoms with Gasteiger partial charge in [-0.25, -0.2) is 0 Å². The Bertz CT molecular complexity index is 562. The third-order valence-corrected chi connectivity index (χ3v) is 4.12. The number of hydrogen-bond acceptors (Lipinski definition) is 2. The van der Waals surface area contributed by atoms with Gasteiger partial charge in [0.1, 0.15) is 0 Å². The molecule has 0 atom stereocenters. The summed E-state index contributed by atoms with van der Waals surface area (Å²) in [5, 5.41) is 2.74. The Hall–Kier alpha value is -1.36. The summed E-state index contributed by atoms with van der Waals surface area (Å²) in [4.78, 5) is 26.2. The van der Waals surface area contributed by atoms with Crippen LogP contribution in [0.4, 0.5) is 0 Å². The Labute approximate surface area is 140 Å². The first-order chi connectivity index (χ1) is 10.3. The van der Waals surface area contributed by atoms with Crippen molar-refractivity contribution >= 4 is 27.7 Å². The van der Waals surface area contributed by atoms with Crippen molar-refractivity contribution in [2.75, 3.05) is 6.54 Å². The number of hydrogen-bond donors (Lipinski definition) is 1. The molecule has 1 fully saturated rings. The van der Waals surface area contributed by atoms with Crippen LogP contribution in [0.25, 0.3) is 0 Å². The lowest BCUT2D eigenvalue weighted by Gasteiger charge is -2.24. The van der Waals surface area contributed by atoms with E-state index in [1.807, 2.05) is 49.9 Å². The summed E-state index contributed by atoms with van der Waals surface area (Å²) in [6.07, 6.45) is 2.10. The topological polar surface area (TPSA) is 49.4 Å². The second-order valence-electron chi connectivity index (χ2n) is 6.82. The molecule has 0 heterocycles. The van der Waals surface area contributed by atoms with Crippen molar-refractivity contribution in [1.29, 1.82) is 0 Å². The predicted octanol–water partition coefficient (Wildman–Crippen LogP) is 3.10. The van der Waals surface area contributed by atoms with Gasteiger partial charge in [-0.2, -0.15) is 0 Å². The second-order valence-corrected chi connectivity index (χ2v) is 7.73. The molecule has 1 aliphatic carbocycles. The van der Waals surface area contributed by atoms with Crippen molar-refractivity contribution < 1.29 is 9.59 Å². The number of amides is 2. The standard InChI is InChI=1S/C17H23BrN2O2/c1-17(2,3)16(22)19-10-15(21)20(14-7-8-14)11-12-5-4-6-13(18)9-12/h4-6,9,14H,7-8,10-11H2,1-3H3,(H,19,22). The molecule has 0 bridgehead atoms. The van der Waals surface area contributed by atoms with Gasteiger partial charge in [-0.1, -0.05) is 48.8 Å². The van der Waals surface area contributed by atoms with E-state index in [4.69, 9.17) is 0 Å². The van der Waals surface area contributed by atoms with Crippen LogP contribution in [0.2, 0.25) is 0 Å². The van der Waals surface area contributed by atoms with Gasteiger partial charge in [-0.05, 0) is 30.5 Å². The number of rotatable bonds is 5. The zero-order valence-corrected chi connectivity index (χ0v) is 14.9. The number of carbonyl (C=O) groups is 2. The summed E-state index contributed by atoms with van der Waals surface area (Å²) >= 11 is 3.45. The Kier molecular flexibility index (Phi) is 5.27. The van der Waals surface area contributed by atoms with Gasteiger partial charge in [0.25, 0.3) is 0 Å². The van der Waals surface area contributed by atoms with E-state index in [0.29, 0.717) is 12.6 Å². The van der Waals surface area contributed by atoms with Crippen LogP contribution >= 0.6 is 15.9 Å². The van der Waals surface area contributed by atoms with Gasteiger partial charge in [0.15, 0.2) is 0 Å². The normalized spacial score (nSPS) is 14.5. The van der Waals surface area contributed by atoms with Gasteiger partial charge in [0.2, 0.25) is 11.8 Å². The van der Waals surface area contributed by atoms with Crippen molar-refractivity contribution in [3.8, 4) is 0 Å². The largest absolute Gasteiger partial charge is 0.347 e. The Morgan fingerprint density at radius 1 is 1.32 bits per heavy atom. The number of carbonyl (C=O) groups excluding carboxylic acids is 2. The molecule has 5 heteroatoms. The van der Waals surface area contributed by atoms with Crippen LogP contribution in [-0.2, 0) is 16.1 Å². The maximum absolute atomic E-state index is 12.4. The predicted molar refractivity (Wildman–Crippen MR) is 90.2 cm³/mol. The van der Waals surface area contributed by atoms with E-state index in [1.165, 1.54) is 0 Å². The first kappa shape index (κ1) is 17.0. The highest BCUT2D eigenvalue weighted by Crippen LogP contribution is 2.28. The van der Waals surface area contributed by atoms with Crippen LogP contribution < -0.4 is 5.32 Å². The van der Waals surface area contributed by atoms with E-state index in [0.717, 1.165) is 22.9 Å². The summed E-state index contributed by atoms with van der Waals surface area (Å²) in [6.45, 7) is 6.18. The monoisotopic (exact) mass is 366 g/mol. The molecular formula is C17H23BrN2O2. The molecule has 0 aliphatic heterocycles. The summed E-state index contributed by atoms with van der Waals surface area (Å²) in [5.74, 6) is -0.112. The number of benzene rings is 1. The fourth-order valence-electron chi connectivity index (χ4n) is 2.16. The maximum Gasteiger partial charge on any atom is 0.242 e. The van der Waals surface area contributed by atoms with E-state index in [9.17, 15) is 9.59 Å². The lowest BCUT2D eigenvalue weighted by atomic mass is 9.96. The van der Waals surface area contributed by atoms with Gasteiger partial charge < -0.3 is 10.2 Å². The van der Waals surface area contributed by atoms with E-state index in [1.54, 1.807) is 0 Å². The highest BCUT2D eigenvalue weighted by molar-refractivity contribution is 9.10. The third-order valence-electron chi connectivity index (χ3n) is 3.63. The highest BCUT2D eigenvalue weighted by Gasteiger charge is 2.33. The van der Waals surface area contributed by atoms with Crippen LogP contribution in [0.3, 0.4) is 0 Å². The highest BCUT2D eigenvalue weighted by atomic mass is 79.9. The number of nitrogens with one attached hydrogen (secondary N) is 1. The third kappa shape index (κ3) is 4.83. The first-order valence-electron chi connectivity index (χ1n) is 7.59. The minimum Gasteiger partial charge on any atom is -0.347 e. The molecule has 120 valence electrons. The van der Waals surface area contributed by atoms with Gasteiger partial charge in [-0.3, -0.25) is 9.59 Å². The van der Waals surface area contributed by atoms with E-state index >= 15 is 0 Å². The Balaban J connectivity index is 1.96. The Morgan fingerprint density at radius 3 is 2.55 bits per heavy atom. The first-order valence-corrected chi connectivity index (χ1v) is 8.39. The van der Waals surface area contributed by atoms with Crippen molar-refractivity contribution in [2.45, 2.75) is 46.2 Å². The molecule has 1 aliphatic rings. The average Bonchev–Trinajstić information content (AvgIpc) is 3.25. The second kappa shape index (κ2) is 6.82. The van der Waals surface area contributed by atoms with Crippen LogP contribution in [0.5, 0.6) is 0 Å². The van der Waals surface area contributed by atoms with Crippen LogP contribution in [0.15, 0.2) is 28.7 Å². The molecule has 0 aromatic heterocycles. The average molecular weight is 367 g/mol. The molecule has 0 radical (unpaired) electrons. The molecule has 2 amide bonds. The SMILES string of the molecule is CC(C)(C)C(=O)NCC(=O)N(Cc1cccc(Br)c1)C1CC1. The fraction of sp³-hybridized carbons (Fsp3) is 0.529. The minimum atomic E-state index is -0.477. The molecule has 22 heavy (non-hydrogen) atoms. The molecule has 4 nitrogen and oxygen atoms in total. The molecule has 1 aromatic rings. The molecule has 1 N–H and O–H groups in total. The van der Waals surface area contributed by atoms with Crippen molar-refractivity contribution in [1.82, 2.24) is 10.2 Å². The minimum absolute atomic E-state index is 0.0138. The van der Waals surface area contributed by atoms with E-state index in [2.05, 4.69) is 21.2 Å². The van der Waals surface area contributed by atoms with Crippen LogP contribution in [0, 0.1) is 5.41 Å². The molecule has 0 unspecified atom stereocenters. The summed E-state index contributed by atoms with van der Waals surface area (Å²) in [7, 11) is 0. The summed E-state index contributed by atoms with van der Waals surface area (Å²) in [6, 6.07) is 8.29. The zero-order valence-electron chi connectivity index (χ0n) is 13.4. The quantitative estimate of drug-likeness (QED) is 0.870.